The van der Waals surface area contributed by atoms with Crippen LogP contribution in [0, 0.1) is 6.92 Å². The number of hydrogen-bond donors (Lipinski definition) is 1. The quantitative estimate of drug-likeness (QED) is 0.783. The van der Waals surface area contributed by atoms with Crippen molar-refractivity contribution in [2.75, 3.05) is 6.61 Å². The molecule has 1 aromatic heterocycles. The van der Waals surface area contributed by atoms with Crippen LogP contribution in [0.1, 0.15) is 16.7 Å². The van der Waals surface area contributed by atoms with Gasteiger partial charge in [-0.3, -0.25) is 4.98 Å². The van der Waals surface area contributed by atoms with Gasteiger partial charge in [0.15, 0.2) is 0 Å². The van der Waals surface area contributed by atoms with E-state index < -0.39 is 0 Å². The summed E-state index contributed by atoms with van der Waals surface area (Å²) in [7, 11) is 0. The van der Waals surface area contributed by atoms with E-state index in [0.29, 0.717) is 6.61 Å². The van der Waals surface area contributed by atoms with E-state index in [9.17, 15) is 0 Å². The Hall–Kier alpha value is -2.13. The van der Waals surface area contributed by atoms with Gasteiger partial charge in [-0.05, 0) is 41.8 Å². The molecule has 0 spiro atoms. The van der Waals surface area contributed by atoms with E-state index in [0.717, 1.165) is 18.8 Å². The second kappa shape index (κ2) is 7.46. The minimum Gasteiger partial charge on any atom is -0.490 e. The molecule has 2 aromatic rings. The highest BCUT2D eigenvalue weighted by Crippen LogP contribution is 2.12. The summed E-state index contributed by atoms with van der Waals surface area (Å²) in [5.41, 5.74) is 3.74. The van der Waals surface area contributed by atoms with Gasteiger partial charge in [0.05, 0.1) is 0 Å². The molecule has 0 aliphatic carbocycles. The molecule has 0 bridgehead atoms. The third-order valence-electron chi connectivity index (χ3n) is 3.07. The van der Waals surface area contributed by atoms with Crippen molar-refractivity contribution >= 4 is 0 Å². The maximum Gasteiger partial charge on any atom is 0.119 e. The number of ether oxygens (including phenoxy) is 1. The summed E-state index contributed by atoms with van der Waals surface area (Å²) in [6.45, 7) is 7.94. The molecule has 1 aromatic carbocycles. The zero-order chi connectivity index (χ0) is 14.2. The Bertz CT molecular complexity index is 549. The molecular formula is C17H20N2O. The molecule has 1 N–H and O–H groups in total. The van der Waals surface area contributed by atoms with Gasteiger partial charge in [0, 0.05) is 25.5 Å². The Balaban J connectivity index is 1.82. The normalized spacial score (nSPS) is 10.2. The fraction of sp³-hybridized carbons (Fsp3) is 0.235. The van der Waals surface area contributed by atoms with Crippen molar-refractivity contribution in [1.82, 2.24) is 10.3 Å². The molecule has 0 unspecified atom stereocenters. The molecule has 3 nitrogen and oxygen atoms in total. The highest BCUT2D eigenvalue weighted by molar-refractivity contribution is 5.27. The van der Waals surface area contributed by atoms with E-state index in [-0.39, 0.29) is 0 Å². The lowest BCUT2D eigenvalue weighted by Gasteiger charge is -2.08. The summed E-state index contributed by atoms with van der Waals surface area (Å²) in [6, 6.07) is 10.2. The predicted octanol–water partition coefficient (Wildman–Crippen LogP) is 3.24. The number of hydrogen-bond acceptors (Lipinski definition) is 3. The first-order valence-corrected chi connectivity index (χ1v) is 6.72. The number of rotatable bonds is 7. The van der Waals surface area contributed by atoms with Crippen molar-refractivity contribution in [3.63, 3.8) is 0 Å². The predicted molar refractivity (Wildman–Crippen MR) is 81.7 cm³/mol. The van der Waals surface area contributed by atoms with Crippen LogP contribution in [0.5, 0.6) is 5.75 Å². The van der Waals surface area contributed by atoms with Crippen LogP contribution in [-0.4, -0.2) is 11.6 Å². The second-order valence-corrected chi connectivity index (χ2v) is 4.65. The summed E-state index contributed by atoms with van der Waals surface area (Å²) in [5, 5.41) is 3.44. The zero-order valence-electron chi connectivity index (χ0n) is 11.8. The molecule has 0 saturated heterocycles. The van der Waals surface area contributed by atoms with Gasteiger partial charge in [0.25, 0.3) is 0 Å². The van der Waals surface area contributed by atoms with Crippen LogP contribution in [-0.2, 0) is 13.1 Å². The van der Waals surface area contributed by atoms with Crippen LogP contribution >= 0.6 is 0 Å². The lowest BCUT2D eigenvalue weighted by molar-refractivity contribution is 0.363. The van der Waals surface area contributed by atoms with Gasteiger partial charge < -0.3 is 10.1 Å². The SMILES string of the molecule is C=CCOc1ccc(CNCc2ccncc2C)cc1. The standard InChI is InChI=1S/C17H20N2O/c1-3-10-20-17-6-4-15(5-7-17)12-19-13-16-8-9-18-11-14(16)2/h3-9,11,19H,1,10,12-13H2,2H3. The topological polar surface area (TPSA) is 34.1 Å². The van der Waals surface area contributed by atoms with E-state index in [4.69, 9.17) is 4.74 Å². The molecule has 3 heteroatoms. The Morgan fingerprint density at radius 2 is 2.00 bits per heavy atom. The monoisotopic (exact) mass is 268 g/mol. The van der Waals surface area contributed by atoms with E-state index in [1.807, 2.05) is 24.5 Å². The minimum absolute atomic E-state index is 0.541. The summed E-state index contributed by atoms with van der Waals surface area (Å²) >= 11 is 0. The van der Waals surface area contributed by atoms with Crippen LogP contribution in [0.3, 0.4) is 0 Å². The first-order valence-electron chi connectivity index (χ1n) is 6.72. The molecule has 104 valence electrons. The van der Waals surface area contributed by atoms with Gasteiger partial charge in [-0.25, -0.2) is 0 Å². The van der Waals surface area contributed by atoms with E-state index in [1.54, 1.807) is 6.08 Å². The molecule has 0 radical (unpaired) electrons. The van der Waals surface area contributed by atoms with Gasteiger partial charge in [-0.2, -0.15) is 0 Å². The van der Waals surface area contributed by atoms with Crippen LogP contribution in [0.2, 0.25) is 0 Å². The zero-order valence-corrected chi connectivity index (χ0v) is 11.8. The fourth-order valence-electron chi connectivity index (χ4n) is 1.90. The average molecular weight is 268 g/mol. The minimum atomic E-state index is 0.541. The Kier molecular flexibility index (Phi) is 5.33. The van der Waals surface area contributed by atoms with Crippen molar-refractivity contribution in [3.8, 4) is 5.75 Å². The van der Waals surface area contributed by atoms with Gasteiger partial charge >= 0.3 is 0 Å². The number of benzene rings is 1. The molecule has 0 fully saturated rings. The molecule has 0 amide bonds. The largest absolute Gasteiger partial charge is 0.490 e. The smallest absolute Gasteiger partial charge is 0.119 e. The van der Waals surface area contributed by atoms with Gasteiger partial charge in [-0.15, -0.1) is 0 Å². The summed E-state index contributed by atoms with van der Waals surface area (Å²) in [4.78, 5) is 4.10. The van der Waals surface area contributed by atoms with Crippen molar-refractivity contribution in [1.29, 1.82) is 0 Å². The molecule has 0 aliphatic heterocycles. The maximum absolute atomic E-state index is 5.45. The van der Waals surface area contributed by atoms with E-state index in [1.165, 1.54) is 16.7 Å². The van der Waals surface area contributed by atoms with E-state index >= 15 is 0 Å². The number of aryl methyl sites for hydroxylation is 1. The summed E-state index contributed by atoms with van der Waals surface area (Å²) in [6.07, 6.45) is 5.46. The third-order valence-corrected chi connectivity index (χ3v) is 3.07. The van der Waals surface area contributed by atoms with Crippen LogP contribution < -0.4 is 10.1 Å². The highest BCUT2D eigenvalue weighted by atomic mass is 16.5. The lowest BCUT2D eigenvalue weighted by atomic mass is 10.1. The van der Waals surface area contributed by atoms with Crippen molar-refractivity contribution in [3.05, 3.63) is 72.1 Å². The number of aromatic nitrogens is 1. The first-order chi connectivity index (χ1) is 9.79. The Morgan fingerprint density at radius 1 is 1.20 bits per heavy atom. The van der Waals surface area contributed by atoms with Crippen molar-refractivity contribution in [2.45, 2.75) is 20.0 Å². The third kappa shape index (κ3) is 4.21. The van der Waals surface area contributed by atoms with Gasteiger partial charge in [0.1, 0.15) is 12.4 Å². The summed E-state index contributed by atoms with van der Waals surface area (Å²) in [5.74, 6) is 0.874. The number of pyridine rings is 1. The Morgan fingerprint density at radius 3 is 2.70 bits per heavy atom. The molecule has 20 heavy (non-hydrogen) atoms. The molecule has 0 saturated carbocycles. The molecule has 0 aliphatic rings. The fourth-order valence-corrected chi connectivity index (χ4v) is 1.90. The van der Waals surface area contributed by atoms with Crippen molar-refractivity contribution < 1.29 is 4.74 Å². The van der Waals surface area contributed by atoms with Crippen LogP contribution in [0.4, 0.5) is 0 Å². The first kappa shape index (κ1) is 14.3. The number of nitrogens with zero attached hydrogens (tertiary/aromatic N) is 1. The van der Waals surface area contributed by atoms with Crippen LogP contribution in [0.15, 0.2) is 55.4 Å². The molecular weight excluding hydrogens is 248 g/mol. The van der Waals surface area contributed by atoms with Crippen molar-refractivity contribution in [2.24, 2.45) is 0 Å². The van der Waals surface area contributed by atoms with Gasteiger partial charge in [-0.1, -0.05) is 24.8 Å². The van der Waals surface area contributed by atoms with Gasteiger partial charge in [0.2, 0.25) is 0 Å². The summed E-state index contributed by atoms with van der Waals surface area (Å²) < 4.78 is 5.45. The number of nitrogens with one attached hydrogen (secondary N) is 1. The second-order valence-electron chi connectivity index (χ2n) is 4.65. The van der Waals surface area contributed by atoms with E-state index in [2.05, 4.69) is 42.0 Å². The molecule has 1 heterocycles. The van der Waals surface area contributed by atoms with Crippen LogP contribution in [0.25, 0.3) is 0 Å². The molecule has 0 atom stereocenters. The highest BCUT2D eigenvalue weighted by Gasteiger charge is 1.98. The molecule has 2 rings (SSSR count). The lowest BCUT2D eigenvalue weighted by Crippen LogP contribution is -2.13. The average Bonchev–Trinajstić information content (AvgIpc) is 2.48. The Labute approximate surface area is 120 Å². The maximum atomic E-state index is 5.45.